The van der Waals surface area contributed by atoms with Crippen LogP contribution in [-0.4, -0.2) is 52.1 Å². The number of urea groups is 1. The summed E-state index contributed by atoms with van der Waals surface area (Å²) in [5.74, 6) is -2.16. The number of rotatable bonds is 7. The largest absolute Gasteiger partial charge is 0.469 e. The number of ether oxygens (including phenoxy) is 1. The zero-order chi connectivity index (χ0) is 31.7. The molecular formula is C31H33ClN6O6. The lowest BCUT2D eigenvalue weighted by Gasteiger charge is -2.36. The van der Waals surface area contributed by atoms with Crippen LogP contribution in [0.3, 0.4) is 0 Å². The molecule has 13 heteroatoms. The number of methoxy groups -OCH3 is 1. The number of fused-ring (bicyclic) bond motifs is 1. The van der Waals surface area contributed by atoms with Crippen molar-refractivity contribution in [3.8, 4) is 6.07 Å². The van der Waals surface area contributed by atoms with E-state index in [0.29, 0.717) is 34.7 Å². The maximum atomic E-state index is 13.5. The number of nitriles is 1. The van der Waals surface area contributed by atoms with E-state index in [-0.39, 0.29) is 41.8 Å². The molecule has 2 aliphatic rings. The Hall–Kier alpha value is -4.63. The third kappa shape index (κ3) is 6.33. The Bertz CT molecular complexity index is 1800. The number of carbonyl (C=O) groups excluding carboxylic acids is 3. The molecule has 2 fully saturated rings. The van der Waals surface area contributed by atoms with E-state index in [4.69, 9.17) is 21.6 Å². The lowest BCUT2D eigenvalue weighted by atomic mass is 9.88. The zero-order valence-electron chi connectivity index (χ0n) is 24.6. The predicted octanol–water partition coefficient (Wildman–Crippen LogP) is 3.96. The van der Waals surface area contributed by atoms with Gasteiger partial charge in [-0.25, -0.2) is 9.59 Å². The molecule has 0 radical (unpaired) electrons. The topological polar surface area (TPSA) is 156 Å². The summed E-state index contributed by atoms with van der Waals surface area (Å²) in [7, 11) is 1.25. The molecule has 1 saturated heterocycles. The number of halogens is 1. The molecule has 1 saturated carbocycles. The van der Waals surface area contributed by atoms with Crippen molar-refractivity contribution in [1.29, 1.82) is 5.26 Å². The summed E-state index contributed by atoms with van der Waals surface area (Å²) in [4.78, 5) is 67.2. The van der Waals surface area contributed by atoms with E-state index in [2.05, 4.69) is 10.6 Å². The van der Waals surface area contributed by atoms with E-state index in [1.807, 2.05) is 19.9 Å². The highest BCUT2D eigenvalue weighted by Crippen LogP contribution is 2.30. The molecule has 1 aliphatic heterocycles. The van der Waals surface area contributed by atoms with Crippen LogP contribution >= 0.6 is 11.6 Å². The van der Waals surface area contributed by atoms with Gasteiger partial charge >= 0.3 is 17.7 Å². The molecular weight excluding hydrogens is 588 g/mol. The molecule has 2 N–H and O–H groups in total. The third-order valence-electron chi connectivity index (χ3n) is 8.07. The van der Waals surface area contributed by atoms with E-state index < -0.39 is 35.3 Å². The molecule has 0 unspecified atom stereocenters. The number of amides is 3. The smallest absolute Gasteiger partial charge is 0.331 e. The molecule has 44 heavy (non-hydrogen) atoms. The Kier molecular flexibility index (Phi) is 8.78. The van der Waals surface area contributed by atoms with Gasteiger partial charge in [-0.2, -0.15) is 5.26 Å². The van der Waals surface area contributed by atoms with Crippen LogP contribution in [0.4, 0.5) is 16.2 Å². The number of anilines is 2. The second-order valence-electron chi connectivity index (χ2n) is 11.6. The van der Waals surface area contributed by atoms with Crippen molar-refractivity contribution in [3.63, 3.8) is 0 Å². The van der Waals surface area contributed by atoms with Gasteiger partial charge in [-0.1, -0.05) is 11.6 Å². The second-order valence-corrected chi connectivity index (χ2v) is 12.0. The molecule has 2 heterocycles. The first kappa shape index (κ1) is 30.8. The van der Waals surface area contributed by atoms with Gasteiger partial charge in [0.15, 0.2) is 0 Å². The number of benzene rings is 2. The standard InChI is InChI=1S/C31H33ClN6O6/c1-17(2)38-26-9-8-22(11-24(26)28(40)37(31(38)43)14-18-4-5-18)35-30(42)36-15-20(10-21(16-36)29(41)44-3)27(39)34-23-7-6-19(13-33)25(32)12-23/h6-9,11-12,17-18,20-21H,4-5,10,14-16H2,1-3H3,(H,34,39)(H,35,42)/t20-,21+/m1/s1. The fourth-order valence-electron chi connectivity index (χ4n) is 5.60. The van der Waals surface area contributed by atoms with Crippen LogP contribution in [0.2, 0.25) is 5.02 Å². The fraction of sp³-hybridized carbons (Fsp3) is 0.419. The fourth-order valence-corrected chi connectivity index (χ4v) is 5.82. The SMILES string of the molecule is COC(=O)[C@H]1C[C@@H](C(=O)Nc2ccc(C#N)c(Cl)c2)CN(C(=O)Nc2ccc3c(c2)c(=O)n(CC2CC2)c(=O)n3C(C)C)C1. The van der Waals surface area contributed by atoms with Crippen LogP contribution in [0.15, 0.2) is 46.0 Å². The zero-order valence-corrected chi connectivity index (χ0v) is 25.4. The molecule has 230 valence electrons. The van der Waals surface area contributed by atoms with Gasteiger partial charge in [-0.05, 0) is 75.4 Å². The van der Waals surface area contributed by atoms with Crippen LogP contribution in [0.25, 0.3) is 10.9 Å². The monoisotopic (exact) mass is 620 g/mol. The number of nitrogens with one attached hydrogen (secondary N) is 2. The Morgan fingerprint density at radius 2 is 1.73 bits per heavy atom. The Balaban J connectivity index is 1.39. The average Bonchev–Trinajstić information content (AvgIpc) is 3.83. The molecule has 2 atom stereocenters. The van der Waals surface area contributed by atoms with Gasteiger partial charge in [0, 0.05) is 37.1 Å². The molecule has 3 amide bonds. The highest BCUT2D eigenvalue weighted by Gasteiger charge is 2.38. The van der Waals surface area contributed by atoms with Gasteiger partial charge in [-0.15, -0.1) is 0 Å². The first-order chi connectivity index (χ1) is 21.0. The summed E-state index contributed by atoms with van der Waals surface area (Å²) in [6.07, 6.45) is 2.12. The van der Waals surface area contributed by atoms with Gasteiger partial charge in [0.2, 0.25) is 5.91 Å². The maximum absolute atomic E-state index is 13.5. The van der Waals surface area contributed by atoms with Gasteiger partial charge in [0.1, 0.15) is 6.07 Å². The number of hydrogen-bond acceptors (Lipinski definition) is 7. The summed E-state index contributed by atoms with van der Waals surface area (Å²) < 4.78 is 7.79. The maximum Gasteiger partial charge on any atom is 0.331 e. The van der Waals surface area contributed by atoms with Crippen molar-refractivity contribution >= 4 is 51.8 Å². The Morgan fingerprint density at radius 1 is 1.05 bits per heavy atom. The van der Waals surface area contributed by atoms with Gasteiger partial charge in [0.25, 0.3) is 5.56 Å². The summed E-state index contributed by atoms with van der Waals surface area (Å²) in [5, 5.41) is 15.1. The second kappa shape index (κ2) is 12.5. The number of likely N-dealkylation sites (tertiary alicyclic amines) is 1. The van der Waals surface area contributed by atoms with Gasteiger partial charge in [0.05, 0.1) is 40.4 Å². The minimum atomic E-state index is -0.750. The predicted molar refractivity (Wildman–Crippen MR) is 165 cm³/mol. The Morgan fingerprint density at radius 3 is 2.36 bits per heavy atom. The average molecular weight is 621 g/mol. The van der Waals surface area contributed by atoms with Crippen molar-refractivity contribution in [3.05, 3.63) is 67.8 Å². The molecule has 1 aliphatic carbocycles. The minimum absolute atomic E-state index is 0.0177. The van der Waals surface area contributed by atoms with Crippen molar-refractivity contribution < 1.29 is 19.1 Å². The summed E-state index contributed by atoms with van der Waals surface area (Å²) in [6, 6.07) is 10.5. The third-order valence-corrected chi connectivity index (χ3v) is 8.39. The summed E-state index contributed by atoms with van der Waals surface area (Å²) in [5.41, 5.74) is 0.685. The molecule has 12 nitrogen and oxygen atoms in total. The number of esters is 1. The summed E-state index contributed by atoms with van der Waals surface area (Å²) in [6.45, 7) is 4.15. The summed E-state index contributed by atoms with van der Waals surface area (Å²) >= 11 is 6.10. The van der Waals surface area contributed by atoms with Gasteiger partial charge in [-0.3, -0.25) is 23.5 Å². The lowest BCUT2D eigenvalue weighted by Crippen LogP contribution is -2.50. The molecule has 1 aromatic heterocycles. The highest BCUT2D eigenvalue weighted by atomic mass is 35.5. The van der Waals surface area contributed by atoms with E-state index in [0.717, 1.165) is 12.8 Å². The van der Waals surface area contributed by atoms with Crippen molar-refractivity contribution in [1.82, 2.24) is 14.0 Å². The molecule has 5 rings (SSSR count). The quantitative estimate of drug-likeness (QED) is 0.379. The molecule has 2 aromatic carbocycles. The van der Waals surface area contributed by atoms with Crippen LogP contribution in [0, 0.1) is 29.1 Å². The number of carbonyl (C=O) groups is 3. The van der Waals surface area contributed by atoms with E-state index in [1.54, 1.807) is 28.8 Å². The van der Waals surface area contributed by atoms with Crippen LogP contribution < -0.4 is 21.9 Å². The number of nitrogens with zero attached hydrogens (tertiary/aromatic N) is 4. The molecule has 3 aromatic rings. The van der Waals surface area contributed by atoms with Crippen molar-refractivity contribution in [2.75, 3.05) is 30.8 Å². The number of aromatic nitrogens is 2. The van der Waals surface area contributed by atoms with E-state index in [9.17, 15) is 24.0 Å². The van der Waals surface area contributed by atoms with Crippen molar-refractivity contribution in [2.45, 2.75) is 45.7 Å². The normalized spacial score (nSPS) is 18.1. The minimum Gasteiger partial charge on any atom is -0.469 e. The highest BCUT2D eigenvalue weighted by molar-refractivity contribution is 6.32. The molecule has 0 spiro atoms. The number of hydrogen-bond donors (Lipinski definition) is 2. The van der Waals surface area contributed by atoms with Crippen LogP contribution in [-0.2, 0) is 20.9 Å². The Labute approximate surface area is 258 Å². The van der Waals surface area contributed by atoms with E-state index >= 15 is 0 Å². The molecule has 0 bridgehead atoms. The van der Waals surface area contributed by atoms with E-state index in [1.165, 1.54) is 28.7 Å². The number of piperidine rings is 1. The first-order valence-electron chi connectivity index (χ1n) is 14.4. The van der Waals surface area contributed by atoms with Crippen LogP contribution in [0.5, 0.6) is 0 Å². The van der Waals surface area contributed by atoms with Gasteiger partial charge < -0.3 is 20.3 Å². The lowest BCUT2D eigenvalue weighted by molar-refractivity contribution is -0.148. The van der Waals surface area contributed by atoms with Crippen LogP contribution in [0.1, 0.15) is 44.7 Å². The first-order valence-corrected chi connectivity index (χ1v) is 14.8. The van der Waals surface area contributed by atoms with Crippen molar-refractivity contribution in [2.24, 2.45) is 17.8 Å².